The van der Waals surface area contributed by atoms with E-state index in [1.165, 1.54) is 13.2 Å². The molecule has 1 aromatic carbocycles. The summed E-state index contributed by atoms with van der Waals surface area (Å²) in [5.74, 6) is 0.637. The molecule has 0 spiro atoms. The van der Waals surface area contributed by atoms with E-state index < -0.39 is 0 Å². The van der Waals surface area contributed by atoms with Crippen molar-refractivity contribution in [2.45, 2.75) is 63.2 Å². The predicted molar refractivity (Wildman–Crippen MR) is 158 cm³/mol. The highest BCUT2D eigenvalue weighted by Crippen LogP contribution is 2.30. The maximum absolute atomic E-state index is 13.0. The van der Waals surface area contributed by atoms with Gasteiger partial charge in [0.15, 0.2) is 0 Å². The minimum atomic E-state index is -0.260. The van der Waals surface area contributed by atoms with Gasteiger partial charge >= 0.3 is 5.97 Å². The molecular weight excluding hydrogens is 567 g/mol. The molecule has 1 aromatic rings. The van der Waals surface area contributed by atoms with E-state index in [9.17, 15) is 9.59 Å². The molecular formula is C27H43Cl3N4O5. The second-order valence-electron chi connectivity index (χ2n) is 10.5. The van der Waals surface area contributed by atoms with Crippen LogP contribution in [0.15, 0.2) is 12.1 Å². The van der Waals surface area contributed by atoms with E-state index in [-0.39, 0.29) is 54.9 Å². The first-order valence-corrected chi connectivity index (χ1v) is 13.9. The summed E-state index contributed by atoms with van der Waals surface area (Å²) < 4.78 is 16.8. The van der Waals surface area contributed by atoms with E-state index in [1.54, 1.807) is 13.2 Å². The van der Waals surface area contributed by atoms with Gasteiger partial charge in [0, 0.05) is 39.2 Å². The van der Waals surface area contributed by atoms with Crippen LogP contribution < -0.4 is 15.8 Å². The minimum absolute atomic E-state index is 0. The second-order valence-corrected chi connectivity index (χ2v) is 10.9. The van der Waals surface area contributed by atoms with Crippen LogP contribution in [-0.2, 0) is 14.3 Å². The number of hydrogen-bond donors (Lipinski definition) is 2. The van der Waals surface area contributed by atoms with Gasteiger partial charge in [0.25, 0.3) is 5.91 Å². The van der Waals surface area contributed by atoms with E-state index in [4.69, 9.17) is 31.5 Å². The van der Waals surface area contributed by atoms with E-state index >= 15 is 0 Å². The number of nitrogens with zero attached hydrogens (tertiary/aromatic N) is 2. The molecule has 222 valence electrons. The standard InChI is InChI=1S/C27H41ClN4O5.2ClH/c1-35-23-15-21(29)20(28)14-19(23)27(34)30-22-9-13-31(17-25(22)36-2)10-5-3-4-6-26(33)37-24-16-32-11-7-18(24)8-12-32;;/h14-15,18,22,24-25H,3-13,16-17,29H2,1-2H3,(H,30,34);2*1H/t22-,24+,25+;;/m1../s1. The molecule has 4 saturated heterocycles. The Morgan fingerprint density at radius 1 is 1.03 bits per heavy atom. The Labute approximate surface area is 249 Å². The minimum Gasteiger partial charge on any atom is -0.496 e. The maximum Gasteiger partial charge on any atom is 0.306 e. The Hall–Kier alpha value is -1.49. The van der Waals surface area contributed by atoms with Crippen molar-refractivity contribution in [1.82, 2.24) is 15.1 Å². The molecule has 4 aliphatic rings. The van der Waals surface area contributed by atoms with Crippen LogP contribution in [0.25, 0.3) is 0 Å². The monoisotopic (exact) mass is 608 g/mol. The molecule has 0 aliphatic carbocycles. The van der Waals surface area contributed by atoms with Crippen LogP contribution in [0.2, 0.25) is 5.02 Å². The molecule has 0 unspecified atom stereocenters. The summed E-state index contributed by atoms with van der Waals surface area (Å²) in [6.45, 7) is 5.76. The Morgan fingerprint density at radius 2 is 1.77 bits per heavy atom. The fraction of sp³-hybridized carbons (Fsp3) is 0.704. The number of nitrogens with one attached hydrogen (secondary N) is 1. The van der Waals surface area contributed by atoms with Gasteiger partial charge in [0.1, 0.15) is 11.9 Å². The Bertz CT molecular complexity index is 948. The zero-order chi connectivity index (χ0) is 26.4. The number of piperidine rings is 4. The summed E-state index contributed by atoms with van der Waals surface area (Å²) in [7, 11) is 3.17. The highest BCUT2D eigenvalue weighted by atomic mass is 35.5. The van der Waals surface area contributed by atoms with Gasteiger partial charge in [-0.05, 0) is 63.7 Å². The molecule has 1 amide bonds. The largest absolute Gasteiger partial charge is 0.496 e. The van der Waals surface area contributed by atoms with Crippen molar-refractivity contribution in [1.29, 1.82) is 0 Å². The number of unbranched alkanes of at least 4 members (excludes halogenated alkanes) is 2. The number of anilines is 1. The zero-order valence-corrected chi connectivity index (χ0v) is 25.3. The quantitative estimate of drug-likeness (QED) is 0.222. The van der Waals surface area contributed by atoms with Gasteiger partial charge in [-0.15, -0.1) is 24.8 Å². The third-order valence-electron chi connectivity index (χ3n) is 8.06. The number of likely N-dealkylation sites (tertiary alicyclic amines) is 1. The summed E-state index contributed by atoms with van der Waals surface area (Å²) in [4.78, 5) is 30.0. The number of fused-ring (bicyclic) bond motifs is 3. The van der Waals surface area contributed by atoms with Crippen LogP contribution in [0.5, 0.6) is 5.75 Å². The number of nitrogens with two attached hydrogens (primary N) is 1. The van der Waals surface area contributed by atoms with Crippen LogP contribution in [0.1, 0.15) is 55.3 Å². The predicted octanol–water partition coefficient (Wildman–Crippen LogP) is 3.79. The molecule has 2 bridgehead atoms. The number of methoxy groups -OCH3 is 2. The molecule has 3 N–H and O–H groups in total. The molecule has 9 nitrogen and oxygen atoms in total. The fourth-order valence-corrected chi connectivity index (χ4v) is 5.97. The van der Waals surface area contributed by atoms with Gasteiger partial charge in [0.05, 0.1) is 35.5 Å². The molecule has 39 heavy (non-hydrogen) atoms. The van der Waals surface area contributed by atoms with Crippen molar-refractivity contribution in [2.24, 2.45) is 5.92 Å². The maximum atomic E-state index is 13.0. The van der Waals surface area contributed by atoms with E-state index in [2.05, 4.69) is 15.1 Å². The van der Waals surface area contributed by atoms with E-state index in [0.29, 0.717) is 34.4 Å². The van der Waals surface area contributed by atoms with E-state index in [0.717, 1.165) is 77.8 Å². The van der Waals surface area contributed by atoms with Crippen molar-refractivity contribution < 1.29 is 23.8 Å². The average Bonchev–Trinajstić information content (AvgIpc) is 2.91. The molecule has 12 heteroatoms. The summed E-state index contributed by atoms with van der Waals surface area (Å²) in [6.07, 6.45) is 6.42. The van der Waals surface area contributed by atoms with Crippen molar-refractivity contribution in [3.63, 3.8) is 0 Å². The lowest BCUT2D eigenvalue weighted by Gasteiger charge is -2.43. The Balaban J connectivity index is 0.00000267. The molecule has 0 aromatic heterocycles. The summed E-state index contributed by atoms with van der Waals surface area (Å²) in [5.41, 5.74) is 6.56. The normalized spacial score (nSPS) is 26.2. The first kappa shape index (κ1) is 33.7. The van der Waals surface area contributed by atoms with Crippen LogP contribution in [0.4, 0.5) is 5.69 Å². The van der Waals surface area contributed by atoms with Gasteiger partial charge in [-0.1, -0.05) is 18.0 Å². The Kier molecular flexibility index (Phi) is 13.9. The lowest BCUT2D eigenvalue weighted by molar-refractivity contribution is -0.158. The first-order valence-electron chi connectivity index (χ1n) is 13.5. The average molecular weight is 610 g/mol. The number of hydrogen-bond acceptors (Lipinski definition) is 8. The fourth-order valence-electron chi connectivity index (χ4n) is 5.80. The van der Waals surface area contributed by atoms with Gasteiger partial charge in [0.2, 0.25) is 0 Å². The number of amides is 1. The second kappa shape index (κ2) is 16.1. The summed E-state index contributed by atoms with van der Waals surface area (Å²) in [6, 6.07) is 2.98. The van der Waals surface area contributed by atoms with Gasteiger partial charge < -0.3 is 30.2 Å². The number of benzene rings is 1. The van der Waals surface area contributed by atoms with Gasteiger partial charge in [-0.3, -0.25) is 14.5 Å². The summed E-state index contributed by atoms with van der Waals surface area (Å²) in [5, 5.41) is 3.40. The van der Waals surface area contributed by atoms with Crippen molar-refractivity contribution in [3.05, 3.63) is 22.7 Å². The number of carbonyl (C=O) groups excluding carboxylic acids is 2. The van der Waals surface area contributed by atoms with Gasteiger partial charge in [-0.25, -0.2) is 0 Å². The zero-order valence-electron chi connectivity index (χ0n) is 22.9. The third kappa shape index (κ3) is 9.00. The molecule has 3 atom stereocenters. The molecule has 5 rings (SSSR count). The number of halogens is 3. The third-order valence-corrected chi connectivity index (χ3v) is 8.39. The number of carbonyl (C=O) groups is 2. The number of nitrogen functional groups attached to an aromatic ring is 1. The first-order chi connectivity index (χ1) is 17.9. The van der Waals surface area contributed by atoms with Crippen molar-refractivity contribution >= 4 is 54.0 Å². The van der Waals surface area contributed by atoms with Gasteiger partial charge in [-0.2, -0.15) is 0 Å². The number of ether oxygens (including phenoxy) is 3. The number of esters is 1. The van der Waals surface area contributed by atoms with Crippen molar-refractivity contribution in [2.75, 3.05) is 59.2 Å². The summed E-state index contributed by atoms with van der Waals surface area (Å²) >= 11 is 6.13. The lowest BCUT2D eigenvalue weighted by Crippen LogP contribution is -2.54. The topological polar surface area (TPSA) is 106 Å². The van der Waals surface area contributed by atoms with Crippen LogP contribution in [0, 0.1) is 5.92 Å². The Morgan fingerprint density at radius 3 is 2.41 bits per heavy atom. The number of rotatable bonds is 11. The highest BCUT2D eigenvalue weighted by Gasteiger charge is 2.36. The van der Waals surface area contributed by atoms with Crippen LogP contribution in [0.3, 0.4) is 0 Å². The van der Waals surface area contributed by atoms with Crippen molar-refractivity contribution in [3.8, 4) is 5.75 Å². The van der Waals surface area contributed by atoms with E-state index in [1.807, 2.05) is 0 Å². The molecule has 0 radical (unpaired) electrons. The van der Waals surface area contributed by atoms with Crippen LogP contribution in [-0.4, -0.2) is 93.4 Å². The molecule has 0 saturated carbocycles. The molecule has 4 aliphatic heterocycles. The highest BCUT2D eigenvalue weighted by molar-refractivity contribution is 6.33. The van der Waals surface area contributed by atoms with Crippen LogP contribution >= 0.6 is 36.4 Å². The smallest absolute Gasteiger partial charge is 0.306 e. The SMILES string of the molecule is COc1cc(N)c(Cl)cc1C(=O)N[C@@H]1CCN(CCCCCC(=O)O[C@H]2CN3CCC2CC3)C[C@@H]1OC.Cl.Cl. The molecule has 4 heterocycles. The molecule has 4 fully saturated rings. The lowest BCUT2D eigenvalue weighted by atomic mass is 9.86.